The summed E-state index contributed by atoms with van der Waals surface area (Å²) in [5.41, 5.74) is 1.59. The lowest BCUT2D eigenvalue weighted by molar-refractivity contribution is -0.136. The minimum absolute atomic E-state index is 0.0557. The molecular formula is C15H26N2O2. The molecule has 0 spiro atoms. The van der Waals surface area contributed by atoms with Crippen molar-refractivity contribution in [3.05, 3.63) is 29.6 Å². The zero-order chi connectivity index (χ0) is 14.9. The van der Waals surface area contributed by atoms with E-state index in [2.05, 4.69) is 24.1 Å². The van der Waals surface area contributed by atoms with Gasteiger partial charge in [0.15, 0.2) is 0 Å². The molecule has 1 unspecified atom stereocenters. The zero-order valence-electron chi connectivity index (χ0n) is 12.7. The summed E-state index contributed by atoms with van der Waals surface area (Å²) in [5.74, 6) is -0.855. The number of carboxylic acid groups (broad SMARTS) is 1. The Labute approximate surface area is 116 Å². The van der Waals surface area contributed by atoms with Crippen LogP contribution in [0.2, 0.25) is 0 Å². The van der Waals surface area contributed by atoms with Crippen molar-refractivity contribution in [2.24, 2.45) is 0 Å². The van der Waals surface area contributed by atoms with Gasteiger partial charge in [-0.3, -0.25) is 15.1 Å². The van der Waals surface area contributed by atoms with Crippen LogP contribution in [0.25, 0.3) is 0 Å². The summed E-state index contributed by atoms with van der Waals surface area (Å²) in [6.07, 6.45) is 3.84. The molecule has 0 aliphatic rings. The maximum atomic E-state index is 10.6. The van der Waals surface area contributed by atoms with Gasteiger partial charge in [-0.15, -0.1) is 0 Å². The summed E-state index contributed by atoms with van der Waals surface area (Å²) >= 11 is 0. The highest BCUT2D eigenvalue weighted by Gasteiger charge is 2.25. The van der Waals surface area contributed by atoms with Gasteiger partial charge in [-0.05, 0) is 31.9 Å². The maximum absolute atomic E-state index is 10.6. The summed E-state index contributed by atoms with van der Waals surface area (Å²) in [7, 11) is 0. The molecule has 0 aromatic carbocycles. The first kappa shape index (κ1) is 17.6. The zero-order valence-corrected chi connectivity index (χ0v) is 12.7. The SMILES string of the molecule is CCC.CCC(C)(NCC(=O)O)c1ccc(C)cn1. The molecule has 1 atom stereocenters. The van der Waals surface area contributed by atoms with Crippen LogP contribution in [0.3, 0.4) is 0 Å². The Bertz CT molecular complexity index is 376. The number of hydrogen-bond donors (Lipinski definition) is 2. The van der Waals surface area contributed by atoms with E-state index in [1.54, 1.807) is 6.20 Å². The molecule has 1 aromatic heterocycles. The molecule has 0 aliphatic carbocycles. The van der Waals surface area contributed by atoms with Crippen LogP contribution in [-0.2, 0) is 10.3 Å². The largest absolute Gasteiger partial charge is 0.480 e. The molecule has 1 rings (SSSR count). The van der Waals surface area contributed by atoms with Crippen LogP contribution in [0, 0.1) is 6.92 Å². The third kappa shape index (κ3) is 6.34. The molecule has 0 saturated heterocycles. The Hall–Kier alpha value is -1.42. The van der Waals surface area contributed by atoms with Gasteiger partial charge in [0.25, 0.3) is 0 Å². The molecule has 19 heavy (non-hydrogen) atoms. The van der Waals surface area contributed by atoms with Gasteiger partial charge in [-0.1, -0.05) is 33.3 Å². The van der Waals surface area contributed by atoms with E-state index >= 15 is 0 Å². The minimum atomic E-state index is -0.855. The number of pyridine rings is 1. The second kappa shape index (κ2) is 8.64. The van der Waals surface area contributed by atoms with Crippen molar-refractivity contribution in [1.29, 1.82) is 0 Å². The van der Waals surface area contributed by atoms with E-state index in [1.165, 1.54) is 6.42 Å². The number of aliphatic carboxylic acids is 1. The molecular weight excluding hydrogens is 240 g/mol. The molecule has 1 heterocycles. The van der Waals surface area contributed by atoms with E-state index in [9.17, 15) is 4.79 Å². The second-order valence-electron chi connectivity index (χ2n) is 4.86. The fourth-order valence-corrected chi connectivity index (χ4v) is 1.46. The van der Waals surface area contributed by atoms with Crippen molar-refractivity contribution in [3.8, 4) is 0 Å². The average molecular weight is 266 g/mol. The number of nitrogens with zero attached hydrogens (tertiary/aromatic N) is 1. The van der Waals surface area contributed by atoms with Crippen LogP contribution in [0.1, 0.15) is 51.8 Å². The Morgan fingerprint density at radius 1 is 1.37 bits per heavy atom. The minimum Gasteiger partial charge on any atom is -0.480 e. The fraction of sp³-hybridized carbons (Fsp3) is 0.600. The van der Waals surface area contributed by atoms with Crippen LogP contribution in [0.4, 0.5) is 0 Å². The summed E-state index contributed by atoms with van der Waals surface area (Å²) < 4.78 is 0. The van der Waals surface area contributed by atoms with Gasteiger partial charge in [0.1, 0.15) is 0 Å². The van der Waals surface area contributed by atoms with Crippen LogP contribution >= 0.6 is 0 Å². The smallest absolute Gasteiger partial charge is 0.317 e. The summed E-state index contributed by atoms with van der Waals surface area (Å²) in [6, 6.07) is 3.92. The molecule has 1 aromatic rings. The first-order valence-corrected chi connectivity index (χ1v) is 6.79. The Balaban J connectivity index is 0.000000982. The van der Waals surface area contributed by atoms with Crippen molar-refractivity contribution >= 4 is 5.97 Å². The topological polar surface area (TPSA) is 62.2 Å². The summed E-state index contributed by atoms with van der Waals surface area (Å²) in [6.45, 7) is 10.1. The van der Waals surface area contributed by atoms with Crippen molar-refractivity contribution in [1.82, 2.24) is 10.3 Å². The number of carbonyl (C=O) groups is 1. The van der Waals surface area contributed by atoms with Gasteiger partial charge in [-0.2, -0.15) is 0 Å². The highest BCUT2D eigenvalue weighted by molar-refractivity contribution is 5.69. The van der Waals surface area contributed by atoms with Crippen LogP contribution in [-0.4, -0.2) is 22.6 Å². The van der Waals surface area contributed by atoms with E-state index in [0.717, 1.165) is 17.7 Å². The highest BCUT2D eigenvalue weighted by atomic mass is 16.4. The lowest BCUT2D eigenvalue weighted by atomic mass is 9.93. The lowest BCUT2D eigenvalue weighted by Gasteiger charge is -2.28. The molecule has 0 radical (unpaired) electrons. The van der Waals surface area contributed by atoms with Crippen molar-refractivity contribution < 1.29 is 9.90 Å². The maximum Gasteiger partial charge on any atom is 0.317 e. The Morgan fingerprint density at radius 2 is 1.95 bits per heavy atom. The van der Waals surface area contributed by atoms with Gasteiger partial charge in [0, 0.05) is 6.20 Å². The number of aromatic nitrogens is 1. The average Bonchev–Trinajstić information content (AvgIpc) is 2.38. The standard InChI is InChI=1S/C12H18N2O2.C3H8/c1-4-12(3,14-8-11(15)16)10-6-5-9(2)7-13-10;1-3-2/h5-7,14H,4,8H2,1-3H3,(H,15,16);3H2,1-2H3. The molecule has 4 nitrogen and oxygen atoms in total. The fourth-order valence-electron chi connectivity index (χ4n) is 1.46. The monoisotopic (exact) mass is 266 g/mol. The summed E-state index contributed by atoms with van der Waals surface area (Å²) in [5, 5.41) is 11.7. The Kier molecular flexibility index (Phi) is 8.00. The number of rotatable bonds is 5. The van der Waals surface area contributed by atoms with Crippen LogP contribution in [0.5, 0.6) is 0 Å². The van der Waals surface area contributed by atoms with Crippen LogP contribution in [0.15, 0.2) is 18.3 Å². The number of aryl methyl sites for hydroxylation is 1. The van der Waals surface area contributed by atoms with E-state index < -0.39 is 5.97 Å². The quantitative estimate of drug-likeness (QED) is 0.859. The van der Waals surface area contributed by atoms with Crippen molar-refractivity contribution in [3.63, 3.8) is 0 Å². The van der Waals surface area contributed by atoms with Crippen molar-refractivity contribution in [2.75, 3.05) is 6.54 Å². The van der Waals surface area contributed by atoms with Gasteiger partial charge in [-0.25, -0.2) is 0 Å². The predicted octanol–water partition coefficient (Wildman–Crippen LogP) is 3.11. The Morgan fingerprint density at radius 3 is 2.32 bits per heavy atom. The normalized spacial score (nSPS) is 13.1. The third-order valence-corrected chi connectivity index (χ3v) is 2.81. The molecule has 0 fully saturated rings. The molecule has 2 N–H and O–H groups in total. The number of nitrogens with one attached hydrogen (secondary N) is 1. The van der Waals surface area contributed by atoms with Gasteiger partial charge >= 0.3 is 5.97 Å². The molecule has 0 saturated carbocycles. The molecule has 108 valence electrons. The summed E-state index contributed by atoms with van der Waals surface area (Å²) in [4.78, 5) is 14.9. The predicted molar refractivity (Wildman–Crippen MR) is 78.2 cm³/mol. The molecule has 0 amide bonds. The van der Waals surface area contributed by atoms with Gasteiger partial charge in [0.2, 0.25) is 0 Å². The highest BCUT2D eigenvalue weighted by Crippen LogP contribution is 2.22. The first-order chi connectivity index (χ1) is 8.89. The van der Waals surface area contributed by atoms with Gasteiger partial charge in [0.05, 0.1) is 17.8 Å². The lowest BCUT2D eigenvalue weighted by Crippen LogP contribution is -2.42. The van der Waals surface area contributed by atoms with E-state index in [0.29, 0.717) is 0 Å². The first-order valence-electron chi connectivity index (χ1n) is 6.79. The van der Waals surface area contributed by atoms with Gasteiger partial charge < -0.3 is 5.11 Å². The second-order valence-corrected chi connectivity index (χ2v) is 4.86. The number of hydrogen-bond acceptors (Lipinski definition) is 3. The molecule has 4 heteroatoms. The third-order valence-electron chi connectivity index (χ3n) is 2.81. The van der Waals surface area contributed by atoms with E-state index in [1.807, 2.05) is 32.9 Å². The molecule has 0 bridgehead atoms. The van der Waals surface area contributed by atoms with E-state index in [4.69, 9.17) is 5.11 Å². The van der Waals surface area contributed by atoms with Crippen molar-refractivity contribution in [2.45, 2.75) is 53.0 Å². The van der Waals surface area contributed by atoms with E-state index in [-0.39, 0.29) is 12.1 Å². The molecule has 0 aliphatic heterocycles. The number of carboxylic acids is 1. The van der Waals surface area contributed by atoms with Crippen LogP contribution < -0.4 is 5.32 Å².